The molecular weight excluding hydrogens is 266 g/mol. The molecule has 1 aliphatic rings. The van der Waals surface area contributed by atoms with Crippen LogP contribution < -0.4 is 10.6 Å². The highest BCUT2D eigenvalue weighted by atomic mass is 16.1. The number of carbonyl (C=O) groups excluding carboxylic acids is 1. The number of anilines is 1. The van der Waals surface area contributed by atoms with Crippen LogP contribution in [0.2, 0.25) is 0 Å². The van der Waals surface area contributed by atoms with Gasteiger partial charge in [-0.3, -0.25) is 9.78 Å². The van der Waals surface area contributed by atoms with Crippen molar-refractivity contribution >= 4 is 11.7 Å². The third kappa shape index (κ3) is 4.97. The summed E-state index contributed by atoms with van der Waals surface area (Å²) in [7, 11) is 0. The Morgan fingerprint density at radius 2 is 2.14 bits per heavy atom. The average Bonchev–Trinajstić information content (AvgIpc) is 2.98. The van der Waals surface area contributed by atoms with Crippen molar-refractivity contribution in [2.24, 2.45) is 5.92 Å². The maximum absolute atomic E-state index is 12.1. The van der Waals surface area contributed by atoms with Crippen LogP contribution in [0.15, 0.2) is 12.4 Å². The number of amides is 1. The molecule has 2 heterocycles. The molecular formula is C15H25N5O. The second-order valence-electron chi connectivity index (χ2n) is 5.64. The van der Waals surface area contributed by atoms with E-state index in [-0.39, 0.29) is 5.91 Å². The third-order valence-corrected chi connectivity index (χ3v) is 3.60. The van der Waals surface area contributed by atoms with Crippen LogP contribution in [0, 0.1) is 5.92 Å². The predicted molar refractivity (Wildman–Crippen MR) is 83.4 cm³/mol. The zero-order valence-electron chi connectivity index (χ0n) is 12.9. The van der Waals surface area contributed by atoms with E-state index in [4.69, 9.17) is 0 Å². The Hall–Kier alpha value is -1.69. The molecule has 6 nitrogen and oxygen atoms in total. The van der Waals surface area contributed by atoms with Crippen molar-refractivity contribution in [1.29, 1.82) is 0 Å². The SMILES string of the molecule is CCNc1cncc(C(=O)NCC(C)CN2CCCC2)n1. The first-order valence-corrected chi connectivity index (χ1v) is 7.75. The summed E-state index contributed by atoms with van der Waals surface area (Å²) >= 11 is 0. The van der Waals surface area contributed by atoms with Crippen LogP contribution in [0.4, 0.5) is 5.82 Å². The summed E-state index contributed by atoms with van der Waals surface area (Å²) in [6.07, 6.45) is 5.72. The Balaban J connectivity index is 1.79. The van der Waals surface area contributed by atoms with E-state index >= 15 is 0 Å². The molecule has 0 aliphatic carbocycles. The van der Waals surface area contributed by atoms with Gasteiger partial charge in [-0.05, 0) is 38.8 Å². The summed E-state index contributed by atoms with van der Waals surface area (Å²) in [5.41, 5.74) is 0.363. The normalized spacial score (nSPS) is 16.7. The van der Waals surface area contributed by atoms with Gasteiger partial charge in [-0.1, -0.05) is 6.92 Å². The summed E-state index contributed by atoms with van der Waals surface area (Å²) in [6, 6.07) is 0. The summed E-state index contributed by atoms with van der Waals surface area (Å²) in [6.45, 7) is 9.00. The number of aromatic nitrogens is 2. The molecule has 0 bridgehead atoms. The highest BCUT2D eigenvalue weighted by Crippen LogP contribution is 2.10. The third-order valence-electron chi connectivity index (χ3n) is 3.60. The van der Waals surface area contributed by atoms with Crippen molar-refractivity contribution in [2.45, 2.75) is 26.7 Å². The molecule has 2 rings (SSSR count). The van der Waals surface area contributed by atoms with Gasteiger partial charge >= 0.3 is 0 Å². The van der Waals surface area contributed by atoms with Gasteiger partial charge in [0, 0.05) is 19.6 Å². The van der Waals surface area contributed by atoms with E-state index in [1.165, 1.54) is 32.1 Å². The van der Waals surface area contributed by atoms with Crippen LogP contribution >= 0.6 is 0 Å². The molecule has 1 aromatic heterocycles. The second kappa shape index (κ2) is 7.93. The first-order chi connectivity index (χ1) is 10.2. The largest absolute Gasteiger partial charge is 0.369 e. The van der Waals surface area contributed by atoms with Gasteiger partial charge in [-0.2, -0.15) is 0 Å². The fraction of sp³-hybridized carbons (Fsp3) is 0.667. The monoisotopic (exact) mass is 291 g/mol. The Bertz CT molecular complexity index is 459. The summed E-state index contributed by atoms with van der Waals surface area (Å²) in [4.78, 5) is 22.8. The minimum absolute atomic E-state index is 0.157. The lowest BCUT2D eigenvalue weighted by Crippen LogP contribution is -2.34. The van der Waals surface area contributed by atoms with Gasteiger partial charge in [0.2, 0.25) is 0 Å². The lowest BCUT2D eigenvalue weighted by Gasteiger charge is -2.20. The molecule has 0 spiro atoms. The fourth-order valence-electron chi connectivity index (χ4n) is 2.57. The van der Waals surface area contributed by atoms with Crippen molar-refractivity contribution in [3.63, 3.8) is 0 Å². The number of hydrogen-bond donors (Lipinski definition) is 2. The molecule has 1 saturated heterocycles. The highest BCUT2D eigenvalue weighted by molar-refractivity contribution is 5.92. The molecule has 1 aliphatic heterocycles. The van der Waals surface area contributed by atoms with Crippen molar-refractivity contribution in [3.05, 3.63) is 18.1 Å². The molecule has 0 saturated carbocycles. The van der Waals surface area contributed by atoms with Crippen molar-refractivity contribution in [1.82, 2.24) is 20.2 Å². The van der Waals surface area contributed by atoms with Gasteiger partial charge in [0.05, 0.1) is 12.4 Å². The van der Waals surface area contributed by atoms with Crippen molar-refractivity contribution in [3.8, 4) is 0 Å². The maximum Gasteiger partial charge on any atom is 0.271 e. The molecule has 0 radical (unpaired) electrons. The molecule has 1 fully saturated rings. The van der Waals surface area contributed by atoms with Gasteiger partial charge < -0.3 is 15.5 Å². The summed E-state index contributed by atoms with van der Waals surface area (Å²) in [5.74, 6) is 0.919. The lowest BCUT2D eigenvalue weighted by atomic mass is 10.1. The van der Waals surface area contributed by atoms with Gasteiger partial charge in [0.1, 0.15) is 11.5 Å². The Morgan fingerprint density at radius 1 is 1.38 bits per heavy atom. The Kier molecular flexibility index (Phi) is 5.92. The van der Waals surface area contributed by atoms with Crippen molar-refractivity contribution in [2.75, 3.05) is 38.0 Å². The second-order valence-corrected chi connectivity index (χ2v) is 5.64. The number of rotatable bonds is 7. The summed E-state index contributed by atoms with van der Waals surface area (Å²) < 4.78 is 0. The molecule has 6 heteroatoms. The van der Waals surface area contributed by atoms with E-state index in [1.807, 2.05) is 6.92 Å². The van der Waals surface area contributed by atoms with Gasteiger partial charge in [0.25, 0.3) is 5.91 Å². The van der Waals surface area contributed by atoms with E-state index in [0.29, 0.717) is 24.0 Å². The average molecular weight is 291 g/mol. The maximum atomic E-state index is 12.1. The minimum atomic E-state index is -0.157. The molecule has 2 N–H and O–H groups in total. The van der Waals surface area contributed by atoms with Gasteiger partial charge in [0.15, 0.2) is 0 Å². The number of likely N-dealkylation sites (tertiary alicyclic amines) is 1. The first kappa shape index (κ1) is 15.7. The zero-order valence-corrected chi connectivity index (χ0v) is 12.9. The van der Waals surface area contributed by atoms with E-state index in [1.54, 1.807) is 6.20 Å². The standard InChI is InChI=1S/C15H25N5O/c1-3-17-14-10-16-9-13(19-14)15(21)18-8-12(2)11-20-6-4-5-7-20/h9-10,12H,3-8,11H2,1-2H3,(H,17,19)(H,18,21). The molecule has 0 aromatic carbocycles. The first-order valence-electron chi connectivity index (χ1n) is 7.75. The number of carbonyl (C=O) groups is 1. The molecule has 1 atom stereocenters. The molecule has 1 aromatic rings. The van der Waals surface area contributed by atoms with Crippen molar-refractivity contribution < 1.29 is 4.79 Å². The Labute approximate surface area is 126 Å². The molecule has 116 valence electrons. The smallest absolute Gasteiger partial charge is 0.271 e. The van der Waals surface area contributed by atoms with Gasteiger partial charge in [-0.15, -0.1) is 0 Å². The number of nitrogens with one attached hydrogen (secondary N) is 2. The molecule has 21 heavy (non-hydrogen) atoms. The van der Waals surface area contributed by atoms with Crippen LogP contribution in [0.5, 0.6) is 0 Å². The number of nitrogens with zero attached hydrogens (tertiary/aromatic N) is 3. The predicted octanol–water partition coefficient (Wildman–Crippen LogP) is 1.37. The Morgan fingerprint density at radius 3 is 2.86 bits per heavy atom. The quantitative estimate of drug-likeness (QED) is 0.794. The van der Waals surface area contributed by atoms with E-state index in [0.717, 1.165) is 13.1 Å². The zero-order chi connectivity index (χ0) is 15.1. The topological polar surface area (TPSA) is 70.2 Å². The molecule has 1 amide bonds. The van der Waals surface area contributed by atoms with Crippen LogP contribution in [-0.2, 0) is 0 Å². The molecule has 1 unspecified atom stereocenters. The fourth-order valence-corrected chi connectivity index (χ4v) is 2.57. The van der Waals surface area contributed by atoms with Crippen LogP contribution in [-0.4, -0.2) is 53.5 Å². The highest BCUT2D eigenvalue weighted by Gasteiger charge is 2.16. The number of hydrogen-bond acceptors (Lipinski definition) is 5. The summed E-state index contributed by atoms with van der Waals surface area (Å²) in [5, 5.41) is 6.00. The van der Waals surface area contributed by atoms with Gasteiger partial charge in [-0.25, -0.2) is 4.98 Å². The lowest BCUT2D eigenvalue weighted by molar-refractivity contribution is 0.0940. The van der Waals surface area contributed by atoms with Crippen LogP contribution in [0.1, 0.15) is 37.2 Å². The minimum Gasteiger partial charge on any atom is -0.369 e. The van der Waals surface area contributed by atoms with Crippen LogP contribution in [0.3, 0.4) is 0 Å². The van der Waals surface area contributed by atoms with Crippen LogP contribution in [0.25, 0.3) is 0 Å². The van der Waals surface area contributed by atoms with E-state index in [9.17, 15) is 4.79 Å². The van der Waals surface area contributed by atoms with E-state index < -0.39 is 0 Å². The van der Waals surface area contributed by atoms with E-state index in [2.05, 4.69) is 32.4 Å².